The molecule has 0 radical (unpaired) electrons. The van der Waals surface area contributed by atoms with Gasteiger partial charge in [-0.1, -0.05) is 13.8 Å². The van der Waals surface area contributed by atoms with Crippen molar-refractivity contribution in [2.24, 2.45) is 0 Å². The van der Waals surface area contributed by atoms with Crippen LogP contribution in [0.15, 0.2) is 35.5 Å². The molecule has 0 amide bonds. The molecule has 0 aliphatic carbocycles. The van der Waals surface area contributed by atoms with E-state index in [0.29, 0.717) is 16.5 Å². The Morgan fingerprint density at radius 1 is 1.50 bits per heavy atom. The first-order valence-electron chi connectivity index (χ1n) is 6.00. The average Bonchev–Trinajstić information content (AvgIpc) is 2.88. The van der Waals surface area contributed by atoms with Crippen LogP contribution >= 0.6 is 11.8 Å². The Morgan fingerprint density at radius 2 is 2.25 bits per heavy atom. The fraction of sp³-hybridized carbons (Fsp3) is 0.214. The zero-order chi connectivity index (χ0) is 14.7. The van der Waals surface area contributed by atoms with Gasteiger partial charge in [-0.3, -0.25) is 0 Å². The van der Waals surface area contributed by atoms with E-state index < -0.39 is 5.97 Å². The number of nitriles is 1. The molecule has 0 unspecified atom stereocenters. The highest BCUT2D eigenvalue weighted by atomic mass is 32.2. The number of benzene rings is 1. The van der Waals surface area contributed by atoms with Crippen molar-refractivity contribution in [2.75, 3.05) is 0 Å². The standard InChI is InChI=1S/C14H13N3O2S/c1-9(2)20-13-4-3-12(5-10(13)6-15)17-8-11(7-16-17)14(18)19/h3-5,7-9H,1-2H3,(H,18,19). The second kappa shape index (κ2) is 5.80. The molecule has 1 aromatic heterocycles. The van der Waals surface area contributed by atoms with E-state index in [9.17, 15) is 10.1 Å². The molecule has 1 heterocycles. The summed E-state index contributed by atoms with van der Waals surface area (Å²) >= 11 is 1.62. The lowest BCUT2D eigenvalue weighted by Crippen LogP contribution is -1.97. The maximum Gasteiger partial charge on any atom is 0.338 e. The Bertz CT molecular complexity index is 686. The van der Waals surface area contributed by atoms with E-state index in [1.165, 1.54) is 17.1 Å². The molecular weight excluding hydrogens is 274 g/mol. The summed E-state index contributed by atoms with van der Waals surface area (Å²) in [6, 6.07) is 7.56. The number of hydrogen-bond donors (Lipinski definition) is 1. The normalized spacial score (nSPS) is 10.5. The lowest BCUT2D eigenvalue weighted by atomic mass is 10.2. The van der Waals surface area contributed by atoms with Gasteiger partial charge in [0.2, 0.25) is 0 Å². The van der Waals surface area contributed by atoms with Crippen molar-refractivity contribution >= 4 is 17.7 Å². The molecule has 1 aromatic carbocycles. The van der Waals surface area contributed by atoms with E-state index in [-0.39, 0.29) is 5.56 Å². The SMILES string of the molecule is CC(C)Sc1ccc(-n2cc(C(=O)O)cn2)cc1C#N. The predicted octanol–water partition coefficient (Wildman–Crippen LogP) is 2.94. The molecule has 0 aliphatic heterocycles. The lowest BCUT2D eigenvalue weighted by molar-refractivity contribution is 0.0697. The summed E-state index contributed by atoms with van der Waals surface area (Å²) in [5.41, 5.74) is 1.35. The predicted molar refractivity (Wildman–Crippen MR) is 76.2 cm³/mol. The fourth-order valence-corrected chi connectivity index (χ4v) is 2.57. The Hall–Kier alpha value is -2.26. The molecule has 0 atom stereocenters. The van der Waals surface area contributed by atoms with Gasteiger partial charge in [0, 0.05) is 16.3 Å². The Kier molecular flexibility index (Phi) is 4.11. The molecule has 0 saturated heterocycles. The van der Waals surface area contributed by atoms with Crippen LogP contribution in [0.25, 0.3) is 5.69 Å². The topological polar surface area (TPSA) is 78.9 Å². The second-order valence-electron chi connectivity index (χ2n) is 4.44. The van der Waals surface area contributed by atoms with Crippen LogP contribution in [0.4, 0.5) is 0 Å². The first-order chi connectivity index (χ1) is 9.51. The third-order valence-electron chi connectivity index (χ3n) is 2.54. The molecule has 1 N–H and O–H groups in total. The monoisotopic (exact) mass is 287 g/mol. The number of carboxylic acid groups (broad SMARTS) is 1. The molecule has 20 heavy (non-hydrogen) atoms. The summed E-state index contributed by atoms with van der Waals surface area (Å²) in [5, 5.41) is 22.5. The van der Waals surface area contributed by atoms with Gasteiger partial charge in [0.05, 0.1) is 23.0 Å². The molecule has 2 rings (SSSR count). The van der Waals surface area contributed by atoms with E-state index in [2.05, 4.69) is 25.0 Å². The maximum atomic E-state index is 10.8. The van der Waals surface area contributed by atoms with Crippen molar-refractivity contribution in [3.8, 4) is 11.8 Å². The molecule has 0 saturated carbocycles. The van der Waals surface area contributed by atoms with Gasteiger partial charge in [0.1, 0.15) is 6.07 Å². The summed E-state index contributed by atoms with van der Waals surface area (Å²) in [6.45, 7) is 4.12. The number of aromatic carboxylic acids is 1. The number of thioether (sulfide) groups is 1. The van der Waals surface area contributed by atoms with Crippen LogP contribution in [-0.2, 0) is 0 Å². The van der Waals surface area contributed by atoms with Crippen LogP contribution in [0.2, 0.25) is 0 Å². The smallest absolute Gasteiger partial charge is 0.338 e. The molecule has 0 fully saturated rings. The lowest BCUT2D eigenvalue weighted by Gasteiger charge is -2.08. The van der Waals surface area contributed by atoms with Crippen LogP contribution in [0.5, 0.6) is 0 Å². The van der Waals surface area contributed by atoms with Gasteiger partial charge < -0.3 is 5.11 Å². The minimum absolute atomic E-state index is 0.115. The Labute approximate surface area is 120 Å². The van der Waals surface area contributed by atoms with Crippen LogP contribution in [-0.4, -0.2) is 26.1 Å². The van der Waals surface area contributed by atoms with Crippen LogP contribution in [0.1, 0.15) is 29.8 Å². The molecule has 0 aliphatic rings. The van der Waals surface area contributed by atoms with Gasteiger partial charge >= 0.3 is 5.97 Å². The highest BCUT2D eigenvalue weighted by molar-refractivity contribution is 8.00. The minimum Gasteiger partial charge on any atom is -0.478 e. The van der Waals surface area contributed by atoms with Crippen molar-refractivity contribution in [2.45, 2.75) is 24.0 Å². The van der Waals surface area contributed by atoms with Crippen LogP contribution < -0.4 is 0 Å². The first kappa shape index (κ1) is 14.2. The van der Waals surface area contributed by atoms with Crippen LogP contribution in [0.3, 0.4) is 0 Å². The Morgan fingerprint density at radius 3 is 2.80 bits per heavy atom. The van der Waals surface area contributed by atoms with E-state index in [4.69, 9.17) is 5.11 Å². The maximum absolute atomic E-state index is 10.8. The molecular formula is C14H13N3O2S. The van der Waals surface area contributed by atoms with Crippen molar-refractivity contribution in [3.05, 3.63) is 41.7 Å². The van der Waals surface area contributed by atoms with Gasteiger partial charge in [0.15, 0.2) is 0 Å². The largest absolute Gasteiger partial charge is 0.478 e. The van der Waals surface area contributed by atoms with Gasteiger partial charge in [-0.25, -0.2) is 9.48 Å². The van der Waals surface area contributed by atoms with E-state index in [1.54, 1.807) is 17.8 Å². The first-order valence-corrected chi connectivity index (χ1v) is 6.88. The summed E-state index contributed by atoms with van der Waals surface area (Å²) in [7, 11) is 0. The van der Waals surface area contributed by atoms with E-state index in [0.717, 1.165) is 4.90 Å². The number of carboxylic acids is 1. The zero-order valence-corrected chi connectivity index (χ0v) is 11.9. The van der Waals surface area contributed by atoms with Crippen molar-refractivity contribution in [1.29, 1.82) is 5.26 Å². The zero-order valence-electron chi connectivity index (χ0n) is 11.1. The summed E-state index contributed by atoms with van der Waals surface area (Å²) in [5.74, 6) is -1.02. The highest BCUT2D eigenvalue weighted by Gasteiger charge is 2.10. The number of hydrogen-bond acceptors (Lipinski definition) is 4. The summed E-state index contributed by atoms with van der Waals surface area (Å²) in [4.78, 5) is 11.7. The van der Waals surface area contributed by atoms with Gasteiger partial charge in [-0.2, -0.15) is 10.4 Å². The van der Waals surface area contributed by atoms with Crippen molar-refractivity contribution in [3.63, 3.8) is 0 Å². The third-order valence-corrected chi connectivity index (χ3v) is 3.62. The number of nitrogens with zero attached hydrogens (tertiary/aromatic N) is 3. The number of carbonyl (C=O) groups is 1. The molecule has 5 nitrogen and oxygen atoms in total. The Balaban J connectivity index is 2.38. The van der Waals surface area contributed by atoms with Crippen molar-refractivity contribution < 1.29 is 9.90 Å². The molecule has 0 spiro atoms. The third kappa shape index (κ3) is 3.00. The van der Waals surface area contributed by atoms with Crippen molar-refractivity contribution in [1.82, 2.24) is 9.78 Å². The van der Waals surface area contributed by atoms with Gasteiger partial charge in [-0.05, 0) is 18.2 Å². The van der Waals surface area contributed by atoms with E-state index >= 15 is 0 Å². The molecule has 0 bridgehead atoms. The quantitative estimate of drug-likeness (QED) is 0.875. The molecule has 2 aromatic rings. The van der Waals surface area contributed by atoms with E-state index in [1.807, 2.05) is 12.1 Å². The van der Waals surface area contributed by atoms with Gasteiger partial charge in [0.25, 0.3) is 0 Å². The minimum atomic E-state index is -1.02. The van der Waals surface area contributed by atoms with Gasteiger partial charge in [-0.15, -0.1) is 11.8 Å². The molecule has 6 heteroatoms. The number of aromatic nitrogens is 2. The fourth-order valence-electron chi connectivity index (χ4n) is 1.68. The summed E-state index contributed by atoms with van der Waals surface area (Å²) in [6.07, 6.45) is 2.71. The highest BCUT2D eigenvalue weighted by Crippen LogP contribution is 2.27. The van der Waals surface area contributed by atoms with Crippen LogP contribution in [0, 0.1) is 11.3 Å². The molecule has 102 valence electrons. The number of rotatable bonds is 4. The second-order valence-corrected chi connectivity index (χ2v) is 6.06. The average molecular weight is 287 g/mol. The summed E-state index contributed by atoms with van der Waals surface area (Å²) < 4.78 is 1.45.